The van der Waals surface area contributed by atoms with Gasteiger partial charge in [-0.2, -0.15) is 0 Å². The Balaban J connectivity index is 1.68. The van der Waals surface area contributed by atoms with Crippen LogP contribution in [0.1, 0.15) is 52.6 Å². The van der Waals surface area contributed by atoms with E-state index in [1.54, 1.807) is 60.7 Å². The van der Waals surface area contributed by atoms with Crippen LogP contribution in [0.5, 0.6) is 5.75 Å². The highest BCUT2D eigenvalue weighted by atomic mass is 35.5. The minimum absolute atomic E-state index is 0.0204. The van der Waals surface area contributed by atoms with E-state index in [0.29, 0.717) is 21.9 Å². The normalized spacial score (nSPS) is 11.5. The van der Waals surface area contributed by atoms with E-state index < -0.39 is 5.97 Å². The molecule has 0 heterocycles. The van der Waals surface area contributed by atoms with Gasteiger partial charge in [-0.15, -0.1) is 0 Å². The summed E-state index contributed by atoms with van der Waals surface area (Å²) in [5.74, 6) is -0.136. The molecular formula is C26H23ClO3. The largest absolute Gasteiger partial charge is 0.423 e. The van der Waals surface area contributed by atoms with Crippen molar-refractivity contribution in [1.82, 2.24) is 0 Å². The molecule has 0 spiro atoms. The Morgan fingerprint density at radius 2 is 1.50 bits per heavy atom. The molecule has 0 amide bonds. The quantitative estimate of drug-likeness (QED) is 0.199. The fourth-order valence-electron chi connectivity index (χ4n) is 2.84. The average molecular weight is 419 g/mol. The van der Waals surface area contributed by atoms with Crippen LogP contribution in [0.25, 0.3) is 6.08 Å². The van der Waals surface area contributed by atoms with E-state index in [0.717, 1.165) is 11.1 Å². The number of esters is 1. The number of rotatable bonds is 5. The van der Waals surface area contributed by atoms with Crippen molar-refractivity contribution < 1.29 is 14.3 Å². The van der Waals surface area contributed by atoms with Crippen LogP contribution in [-0.2, 0) is 5.41 Å². The zero-order valence-corrected chi connectivity index (χ0v) is 17.9. The van der Waals surface area contributed by atoms with Crippen molar-refractivity contribution in [2.75, 3.05) is 0 Å². The van der Waals surface area contributed by atoms with E-state index in [2.05, 4.69) is 20.8 Å². The number of allylic oxidation sites excluding steroid dienone is 1. The van der Waals surface area contributed by atoms with Crippen LogP contribution in [-0.4, -0.2) is 11.8 Å². The number of carbonyl (C=O) groups excluding carboxylic acids is 2. The molecule has 0 bridgehead atoms. The number of ketones is 1. The maximum atomic E-state index is 12.5. The molecule has 30 heavy (non-hydrogen) atoms. The van der Waals surface area contributed by atoms with Gasteiger partial charge in [0.2, 0.25) is 0 Å². The molecule has 3 rings (SSSR count). The SMILES string of the molecule is CC(C)(C)c1ccc(C(=O)Oc2cccc(/C=C/C(=O)c3ccc(Cl)cc3)c2)cc1. The first kappa shape index (κ1) is 21.5. The highest BCUT2D eigenvalue weighted by Crippen LogP contribution is 2.23. The van der Waals surface area contributed by atoms with Crippen LogP contribution >= 0.6 is 11.6 Å². The van der Waals surface area contributed by atoms with E-state index >= 15 is 0 Å². The molecule has 0 aliphatic heterocycles. The van der Waals surface area contributed by atoms with Crippen molar-refractivity contribution in [2.45, 2.75) is 26.2 Å². The minimum Gasteiger partial charge on any atom is -0.423 e. The summed E-state index contributed by atoms with van der Waals surface area (Å²) in [4.78, 5) is 24.7. The second-order valence-electron chi connectivity index (χ2n) is 7.99. The molecule has 0 unspecified atom stereocenters. The smallest absolute Gasteiger partial charge is 0.343 e. The van der Waals surface area contributed by atoms with Crippen molar-refractivity contribution in [2.24, 2.45) is 0 Å². The Morgan fingerprint density at radius 1 is 0.867 bits per heavy atom. The zero-order valence-electron chi connectivity index (χ0n) is 17.2. The molecule has 4 heteroatoms. The second-order valence-corrected chi connectivity index (χ2v) is 8.43. The zero-order chi connectivity index (χ0) is 21.7. The van der Waals surface area contributed by atoms with Crippen LogP contribution in [0.3, 0.4) is 0 Å². The summed E-state index contributed by atoms with van der Waals surface area (Å²) in [5.41, 5.74) is 2.97. The van der Waals surface area contributed by atoms with Crippen molar-refractivity contribution in [3.63, 3.8) is 0 Å². The Labute approximate surface area is 182 Å². The monoisotopic (exact) mass is 418 g/mol. The number of carbonyl (C=O) groups is 2. The van der Waals surface area contributed by atoms with Gasteiger partial charge in [0.05, 0.1) is 5.56 Å². The number of benzene rings is 3. The van der Waals surface area contributed by atoms with E-state index in [-0.39, 0.29) is 11.2 Å². The van der Waals surface area contributed by atoms with Crippen molar-refractivity contribution >= 4 is 29.4 Å². The van der Waals surface area contributed by atoms with Gasteiger partial charge >= 0.3 is 5.97 Å². The number of hydrogen-bond acceptors (Lipinski definition) is 3. The first-order chi connectivity index (χ1) is 14.2. The molecule has 3 aromatic rings. The van der Waals surface area contributed by atoms with Gasteiger partial charge < -0.3 is 4.74 Å². The van der Waals surface area contributed by atoms with Crippen molar-refractivity contribution in [3.05, 3.63) is 106 Å². The summed E-state index contributed by atoms with van der Waals surface area (Å²) in [5, 5.41) is 0.582. The molecule has 3 aromatic carbocycles. The van der Waals surface area contributed by atoms with Gasteiger partial charge in [0.15, 0.2) is 5.78 Å². The predicted octanol–water partition coefficient (Wildman–Crippen LogP) is 6.75. The third-order valence-electron chi connectivity index (χ3n) is 4.61. The molecule has 0 atom stereocenters. The third-order valence-corrected chi connectivity index (χ3v) is 4.86. The number of hydrogen-bond donors (Lipinski definition) is 0. The minimum atomic E-state index is -0.422. The second kappa shape index (κ2) is 9.10. The molecule has 0 aliphatic carbocycles. The third kappa shape index (κ3) is 5.68. The van der Waals surface area contributed by atoms with Crippen LogP contribution in [0.4, 0.5) is 0 Å². The molecule has 0 aliphatic rings. The first-order valence-corrected chi connectivity index (χ1v) is 10.0. The highest BCUT2D eigenvalue weighted by molar-refractivity contribution is 6.30. The molecule has 3 nitrogen and oxygen atoms in total. The van der Waals surface area contributed by atoms with Gasteiger partial charge in [-0.25, -0.2) is 4.79 Å². The molecular weight excluding hydrogens is 396 g/mol. The summed E-state index contributed by atoms with van der Waals surface area (Å²) in [6, 6.07) is 21.2. The van der Waals surface area contributed by atoms with Gasteiger partial charge in [0, 0.05) is 10.6 Å². The lowest BCUT2D eigenvalue weighted by Crippen LogP contribution is -2.12. The topological polar surface area (TPSA) is 43.4 Å². The van der Waals surface area contributed by atoms with Gasteiger partial charge in [0.25, 0.3) is 0 Å². The Hall–Kier alpha value is -3.17. The summed E-state index contributed by atoms with van der Waals surface area (Å²) in [6.45, 7) is 6.37. The Kier molecular flexibility index (Phi) is 6.53. The van der Waals surface area contributed by atoms with E-state index in [1.165, 1.54) is 6.08 Å². The van der Waals surface area contributed by atoms with Crippen LogP contribution < -0.4 is 4.74 Å². The number of halogens is 1. The standard InChI is InChI=1S/C26H23ClO3/c1-26(2,3)21-12-8-20(9-13-21)25(29)30-23-6-4-5-18(17-23)7-16-24(28)19-10-14-22(27)15-11-19/h4-17H,1-3H3/b16-7+. The average Bonchev–Trinajstić information content (AvgIpc) is 2.72. The van der Waals surface area contributed by atoms with Gasteiger partial charge in [-0.3, -0.25) is 4.79 Å². The van der Waals surface area contributed by atoms with Gasteiger partial charge in [-0.1, -0.05) is 62.7 Å². The van der Waals surface area contributed by atoms with Crippen LogP contribution in [0, 0.1) is 0 Å². The van der Waals surface area contributed by atoms with Crippen LogP contribution in [0.15, 0.2) is 78.9 Å². The van der Waals surface area contributed by atoms with E-state index in [1.807, 2.05) is 18.2 Å². The molecule has 0 fully saturated rings. The highest BCUT2D eigenvalue weighted by Gasteiger charge is 2.15. The first-order valence-electron chi connectivity index (χ1n) is 9.63. The van der Waals surface area contributed by atoms with E-state index in [4.69, 9.17) is 16.3 Å². The maximum absolute atomic E-state index is 12.5. The Morgan fingerprint density at radius 3 is 2.13 bits per heavy atom. The van der Waals surface area contributed by atoms with Gasteiger partial charge in [0.1, 0.15) is 5.75 Å². The van der Waals surface area contributed by atoms with Crippen LogP contribution in [0.2, 0.25) is 5.02 Å². The molecule has 0 saturated heterocycles. The molecule has 0 aromatic heterocycles. The molecule has 0 saturated carbocycles. The lowest BCUT2D eigenvalue weighted by Gasteiger charge is -2.18. The fraction of sp³-hybridized carbons (Fsp3) is 0.154. The van der Waals surface area contributed by atoms with Gasteiger partial charge in [-0.05, 0) is 71.1 Å². The lowest BCUT2D eigenvalue weighted by atomic mass is 9.87. The summed E-state index contributed by atoms with van der Waals surface area (Å²) >= 11 is 5.85. The molecule has 0 N–H and O–H groups in total. The number of ether oxygens (including phenoxy) is 1. The maximum Gasteiger partial charge on any atom is 0.343 e. The Bertz CT molecular complexity index is 1070. The van der Waals surface area contributed by atoms with E-state index in [9.17, 15) is 9.59 Å². The summed E-state index contributed by atoms with van der Waals surface area (Å²) in [6.07, 6.45) is 3.17. The lowest BCUT2D eigenvalue weighted by molar-refractivity contribution is 0.0734. The van der Waals surface area contributed by atoms with Crippen molar-refractivity contribution in [3.8, 4) is 5.75 Å². The van der Waals surface area contributed by atoms with Crippen molar-refractivity contribution in [1.29, 1.82) is 0 Å². The predicted molar refractivity (Wildman–Crippen MR) is 121 cm³/mol. The summed E-state index contributed by atoms with van der Waals surface area (Å²) < 4.78 is 5.50. The molecule has 0 radical (unpaired) electrons. The fourth-order valence-corrected chi connectivity index (χ4v) is 2.96. The summed E-state index contributed by atoms with van der Waals surface area (Å²) in [7, 11) is 0. The molecule has 152 valence electrons.